The van der Waals surface area contributed by atoms with Gasteiger partial charge >= 0.3 is 0 Å². The fourth-order valence-electron chi connectivity index (χ4n) is 1.77. The Kier molecular flexibility index (Phi) is 3.80. The molecule has 1 heterocycles. The smallest absolute Gasteiger partial charge is 0.187 e. The highest BCUT2D eigenvalue weighted by Gasteiger charge is 2.05. The number of nitrogens with zero attached hydrogens (tertiary/aromatic N) is 1. The van der Waals surface area contributed by atoms with Gasteiger partial charge in [-0.15, -0.1) is 11.3 Å². The molecule has 2 aromatic carbocycles. The van der Waals surface area contributed by atoms with Crippen LogP contribution >= 0.6 is 27.3 Å². The highest BCUT2D eigenvalue weighted by Crippen LogP contribution is 2.28. The third-order valence-electron chi connectivity index (χ3n) is 2.72. The van der Waals surface area contributed by atoms with Crippen LogP contribution < -0.4 is 5.32 Å². The number of rotatable bonds is 3. The molecule has 3 rings (SSSR count). The Morgan fingerprint density at radius 1 is 1.10 bits per heavy atom. The van der Waals surface area contributed by atoms with E-state index < -0.39 is 0 Å². The van der Waals surface area contributed by atoms with Crippen LogP contribution in [0, 0.1) is 5.82 Å². The predicted molar refractivity (Wildman–Crippen MR) is 84.9 cm³/mol. The van der Waals surface area contributed by atoms with Gasteiger partial charge in [-0.05, 0) is 36.4 Å². The van der Waals surface area contributed by atoms with E-state index in [1.54, 1.807) is 12.1 Å². The van der Waals surface area contributed by atoms with E-state index >= 15 is 0 Å². The summed E-state index contributed by atoms with van der Waals surface area (Å²) in [6, 6.07) is 14.2. The van der Waals surface area contributed by atoms with Gasteiger partial charge in [0.1, 0.15) is 5.82 Å². The third kappa shape index (κ3) is 3.05. The zero-order chi connectivity index (χ0) is 13.9. The highest BCUT2D eigenvalue weighted by molar-refractivity contribution is 9.10. The maximum atomic E-state index is 12.8. The number of hydrogen-bond donors (Lipinski definition) is 1. The number of nitrogens with one attached hydrogen (secondary N) is 1. The number of halogens is 2. The van der Waals surface area contributed by atoms with Crippen LogP contribution in [0.2, 0.25) is 0 Å². The lowest BCUT2D eigenvalue weighted by molar-refractivity contribution is 0.628. The molecule has 100 valence electrons. The van der Waals surface area contributed by atoms with Gasteiger partial charge in [0.25, 0.3) is 0 Å². The van der Waals surface area contributed by atoms with Crippen LogP contribution in [0.15, 0.2) is 58.4 Å². The van der Waals surface area contributed by atoms with Crippen LogP contribution in [0.1, 0.15) is 0 Å². The lowest BCUT2D eigenvalue weighted by atomic mass is 10.2. The first kappa shape index (κ1) is 13.3. The minimum Gasteiger partial charge on any atom is -0.332 e. The molecule has 0 amide bonds. The molecule has 1 aromatic heterocycles. The number of anilines is 2. The first-order valence-electron chi connectivity index (χ1n) is 5.95. The Morgan fingerprint density at radius 2 is 1.90 bits per heavy atom. The van der Waals surface area contributed by atoms with E-state index in [1.165, 1.54) is 23.5 Å². The van der Waals surface area contributed by atoms with Crippen molar-refractivity contribution >= 4 is 38.1 Å². The van der Waals surface area contributed by atoms with Gasteiger partial charge in [-0.3, -0.25) is 0 Å². The first-order chi connectivity index (χ1) is 9.70. The van der Waals surface area contributed by atoms with Crippen molar-refractivity contribution in [3.05, 3.63) is 64.2 Å². The van der Waals surface area contributed by atoms with E-state index in [0.29, 0.717) is 0 Å². The molecule has 3 aromatic rings. The Hall–Kier alpha value is -1.72. The van der Waals surface area contributed by atoms with Gasteiger partial charge in [0.05, 0.1) is 5.69 Å². The summed E-state index contributed by atoms with van der Waals surface area (Å²) in [6.45, 7) is 0. The highest BCUT2D eigenvalue weighted by atomic mass is 79.9. The average molecular weight is 349 g/mol. The summed E-state index contributed by atoms with van der Waals surface area (Å²) < 4.78 is 13.9. The van der Waals surface area contributed by atoms with Crippen LogP contribution in [0.3, 0.4) is 0 Å². The van der Waals surface area contributed by atoms with Gasteiger partial charge in [0.15, 0.2) is 5.13 Å². The summed E-state index contributed by atoms with van der Waals surface area (Å²) in [6.07, 6.45) is 0. The van der Waals surface area contributed by atoms with Crippen molar-refractivity contribution in [2.24, 2.45) is 0 Å². The lowest BCUT2D eigenvalue weighted by Gasteiger charge is -2.01. The van der Waals surface area contributed by atoms with Gasteiger partial charge in [-0.25, -0.2) is 9.37 Å². The molecule has 0 spiro atoms. The Balaban J connectivity index is 1.82. The van der Waals surface area contributed by atoms with Crippen molar-refractivity contribution in [3.8, 4) is 11.3 Å². The standard InChI is InChI=1S/C15H10BrFN2S/c16-11-3-1-2-10(8-11)14-9-20-15(19-14)18-13-6-4-12(17)5-7-13/h1-9H,(H,18,19). The molecular formula is C15H10BrFN2S. The Bertz CT molecular complexity index is 725. The second-order valence-corrected chi connectivity index (χ2v) is 5.95. The van der Waals surface area contributed by atoms with E-state index in [-0.39, 0.29) is 5.82 Å². The van der Waals surface area contributed by atoms with Crippen LogP contribution in [0.4, 0.5) is 15.2 Å². The summed E-state index contributed by atoms with van der Waals surface area (Å²) in [7, 11) is 0. The molecule has 0 unspecified atom stereocenters. The maximum absolute atomic E-state index is 12.8. The van der Waals surface area contributed by atoms with Crippen molar-refractivity contribution in [1.82, 2.24) is 4.98 Å². The summed E-state index contributed by atoms with van der Waals surface area (Å²) in [4.78, 5) is 4.53. The lowest BCUT2D eigenvalue weighted by Crippen LogP contribution is -1.89. The number of aromatic nitrogens is 1. The van der Waals surface area contributed by atoms with E-state index in [0.717, 1.165) is 26.5 Å². The van der Waals surface area contributed by atoms with Crippen LogP contribution in [0.25, 0.3) is 11.3 Å². The largest absolute Gasteiger partial charge is 0.332 e. The van der Waals surface area contributed by atoms with Gasteiger partial charge < -0.3 is 5.32 Å². The number of hydrogen-bond acceptors (Lipinski definition) is 3. The average Bonchev–Trinajstić information content (AvgIpc) is 2.90. The predicted octanol–water partition coefficient (Wildman–Crippen LogP) is 5.46. The molecule has 2 nitrogen and oxygen atoms in total. The molecular weight excluding hydrogens is 339 g/mol. The summed E-state index contributed by atoms with van der Waals surface area (Å²) in [5.41, 5.74) is 2.80. The molecule has 0 saturated carbocycles. The molecule has 1 N–H and O–H groups in total. The molecule has 0 aliphatic rings. The maximum Gasteiger partial charge on any atom is 0.187 e. The minimum atomic E-state index is -0.246. The zero-order valence-electron chi connectivity index (χ0n) is 10.3. The number of benzene rings is 2. The molecule has 5 heteroatoms. The van der Waals surface area contributed by atoms with Crippen LogP contribution in [0.5, 0.6) is 0 Å². The summed E-state index contributed by atoms with van der Waals surface area (Å²) >= 11 is 4.97. The molecule has 0 radical (unpaired) electrons. The monoisotopic (exact) mass is 348 g/mol. The molecule has 0 aliphatic heterocycles. The van der Waals surface area contributed by atoms with E-state index in [1.807, 2.05) is 29.6 Å². The molecule has 20 heavy (non-hydrogen) atoms. The van der Waals surface area contributed by atoms with Crippen molar-refractivity contribution in [2.75, 3.05) is 5.32 Å². The molecule has 0 saturated heterocycles. The fourth-order valence-corrected chi connectivity index (χ4v) is 2.91. The SMILES string of the molecule is Fc1ccc(Nc2nc(-c3cccc(Br)c3)cs2)cc1. The minimum absolute atomic E-state index is 0.246. The zero-order valence-corrected chi connectivity index (χ0v) is 12.7. The van der Waals surface area contributed by atoms with Gasteiger partial charge in [0, 0.05) is 21.1 Å². The Morgan fingerprint density at radius 3 is 2.65 bits per heavy atom. The van der Waals surface area contributed by atoms with Gasteiger partial charge in [0.2, 0.25) is 0 Å². The quantitative estimate of drug-likeness (QED) is 0.680. The van der Waals surface area contributed by atoms with Crippen LogP contribution in [-0.2, 0) is 0 Å². The molecule has 0 fully saturated rings. The molecule has 0 aliphatic carbocycles. The van der Waals surface area contributed by atoms with Crippen molar-refractivity contribution in [2.45, 2.75) is 0 Å². The van der Waals surface area contributed by atoms with Crippen LogP contribution in [-0.4, -0.2) is 4.98 Å². The number of thiazole rings is 1. The van der Waals surface area contributed by atoms with E-state index in [9.17, 15) is 4.39 Å². The van der Waals surface area contributed by atoms with Crippen molar-refractivity contribution in [1.29, 1.82) is 0 Å². The summed E-state index contributed by atoms with van der Waals surface area (Å²) in [5.74, 6) is -0.246. The third-order valence-corrected chi connectivity index (χ3v) is 3.97. The normalized spacial score (nSPS) is 10.5. The first-order valence-corrected chi connectivity index (χ1v) is 7.62. The van der Waals surface area contributed by atoms with Crippen molar-refractivity contribution < 1.29 is 4.39 Å². The second kappa shape index (κ2) is 5.73. The van der Waals surface area contributed by atoms with E-state index in [4.69, 9.17) is 0 Å². The Labute approximate surface area is 128 Å². The van der Waals surface area contributed by atoms with Gasteiger partial charge in [-0.2, -0.15) is 0 Å². The van der Waals surface area contributed by atoms with E-state index in [2.05, 4.69) is 26.2 Å². The second-order valence-electron chi connectivity index (χ2n) is 4.18. The molecule has 0 atom stereocenters. The molecule has 0 bridgehead atoms. The van der Waals surface area contributed by atoms with Crippen molar-refractivity contribution in [3.63, 3.8) is 0 Å². The topological polar surface area (TPSA) is 24.9 Å². The van der Waals surface area contributed by atoms with Gasteiger partial charge in [-0.1, -0.05) is 28.1 Å². The summed E-state index contributed by atoms with van der Waals surface area (Å²) in [5, 5.41) is 5.94. The fraction of sp³-hybridized carbons (Fsp3) is 0.